The van der Waals surface area contributed by atoms with Crippen molar-refractivity contribution in [2.45, 2.75) is 0 Å². The zero-order valence-corrected chi connectivity index (χ0v) is 16.7. The molecule has 0 unspecified atom stereocenters. The Kier molecular flexibility index (Phi) is 6.21. The van der Waals surface area contributed by atoms with Gasteiger partial charge in [0.1, 0.15) is 0 Å². The van der Waals surface area contributed by atoms with Gasteiger partial charge in [-0.05, 0) is 30.3 Å². The quantitative estimate of drug-likeness (QED) is 0.713. The van der Waals surface area contributed by atoms with E-state index in [1.54, 1.807) is 46.2 Å². The molecule has 0 spiro atoms. The Labute approximate surface area is 172 Å². The van der Waals surface area contributed by atoms with E-state index in [0.717, 1.165) is 0 Å². The lowest BCUT2D eigenvalue weighted by Crippen LogP contribution is -2.50. The van der Waals surface area contributed by atoms with Crippen molar-refractivity contribution >= 4 is 41.0 Å². The molecular formula is C20H18Cl2N2O4. The van der Waals surface area contributed by atoms with E-state index < -0.39 is 5.97 Å². The average molecular weight is 421 g/mol. The zero-order chi connectivity index (χ0) is 20.3. The predicted molar refractivity (Wildman–Crippen MR) is 106 cm³/mol. The van der Waals surface area contributed by atoms with Gasteiger partial charge in [0.05, 0.1) is 28.3 Å². The first kappa shape index (κ1) is 20.2. The normalized spacial score (nSPS) is 14.0. The first-order chi connectivity index (χ1) is 13.4. The summed E-state index contributed by atoms with van der Waals surface area (Å²) < 4.78 is 4.69. The van der Waals surface area contributed by atoms with Gasteiger partial charge < -0.3 is 14.5 Å². The van der Waals surface area contributed by atoms with Crippen molar-refractivity contribution in [1.82, 2.24) is 9.80 Å². The number of carbonyl (C=O) groups is 3. The molecular weight excluding hydrogens is 403 g/mol. The molecule has 1 aliphatic heterocycles. The van der Waals surface area contributed by atoms with Gasteiger partial charge in [-0.25, -0.2) is 4.79 Å². The van der Waals surface area contributed by atoms with Gasteiger partial charge in [0.2, 0.25) is 0 Å². The first-order valence-electron chi connectivity index (χ1n) is 8.63. The van der Waals surface area contributed by atoms with Crippen LogP contribution in [-0.4, -0.2) is 60.9 Å². The minimum absolute atomic E-state index is 0.196. The number of piperazine rings is 1. The lowest BCUT2D eigenvalue weighted by atomic mass is 10.1. The summed E-state index contributed by atoms with van der Waals surface area (Å²) >= 11 is 12.1. The Bertz CT molecular complexity index is 924. The molecule has 0 aliphatic carbocycles. The Balaban J connectivity index is 1.67. The van der Waals surface area contributed by atoms with Crippen molar-refractivity contribution in [1.29, 1.82) is 0 Å². The van der Waals surface area contributed by atoms with Gasteiger partial charge in [-0.1, -0.05) is 35.3 Å². The maximum Gasteiger partial charge on any atom is 0.337 e. The van der Waals surface area contributed by atoms with Crippen LogP contribution in [0.1, 0.15) is 31.1 Å². The average Bonchev–Trinajstić information content (AvgIpc) is 2.74. The molecule has 2 aromatic rings. The van der Waals surface area contributed by atoms with E-state index in [2.05, 4.69) is 4.74 Å². The summed E-state index contributed by atoms with van der Waals surface area (Å²) in [5.41, 5.74) is 1.07. The molecule has 0 saturated carbocycles. The Morgan fingerprint density at radius 2 is 1.43 bits per heavy atom. The number of hydrogen-bond donors (Lipinski definition) is 0. The molecule has 0 radical (unpaired) electrons. The van der Waals surface area contributed by atoms with Crippen LogP contribution < -0.4 is 0 Å². The molecule has 2 aromatic carbocycles. The van der Waals surface area contributed by atoms with E-state index in [1.807, 2.05) is 0 Å². The molecule has 1 heterocycles. The van der Waals surface area contributed by atoms with Crippen LogP contribution in [0.2, 0.25) is 10.0 Å². The molecule has 2 amide bonds. The summed E-state index contributed by atoms with van der Waals surface area (Å²) in [5.74, 6) is -0.908. The summed E-state index contributed by atoms with van der Waals surface area (Å²) in [4.78, 5) is 40.4. The summed E-state index contributed by atoms with van der Waals surface area (Å²) in [6.07, 6.45) is 0. The number of benzene rings is 2. The van der Waals surface area contributed by atoms with Crippen LogP contribution in [0.4, 0.5) is 0 Å². The highest BCUT2D eigenvalue weighted by molar-refractivity contribution is 6.43. The van der Waals surface area contributed by atoms with Gasteiger partial charge in [-0.3, -0.25) is 9.59 Å². The Hall–Kier alpha value is -2.57. The lowest BCUT2D eigenvalue weighted by molar-refractivity contribution is 0.0535. The number of amides is 2. The number of hydrogen-bond acceptors (Lipinski definition) is 4. The smallest absolute Gasteiger partial charge is 0.337 e. The first-order valence-corrected chi connectivity index (χ1v) is 9.39. The van der Waals surface area contributed by atoms with Gasteiger partial charge >= 0.3 is 5.97 Å². The number of nitrogens with zero attached hydrogens (tertiary/aromatic N) is 2. The molecule has 1 saturated heterocycles. The maximum absolute atomic E-state index is 12.7. The molecule has 6 nitrogen and oxygen atoms in total. The van der Waals surface area contributed by atoms with Crippen LogP contribution in [0.25, 0.3) is 0 Å². The minimum atomic E-state index is -0.497. The van der Waals surface area contributed by atoms with Crippen molar-refractivity contribution in [3.63, 3.8) is 0 Å². The van der Waals surface area contributed by atoms with E-state index in [1.165, 1.54) is 13.2 Å². The second-order valence-electron chi connectivity index (χ2n) is 6.26. The second kappa shape index (κ2) is 8.63. The molecule has 8 heteroatoms. The van der Waals surface area contributed by atoms with E-state index in [4.69, 9.17) is 23.2 Å². The van der Waals surface area contributed by atoms with Gasteiger partial charge in [-0.15, -0.1) is 0 Å². The fourth-order valence-corrected chi connectivity index (χ4v) is 3.41. The van der Waals surface area contributed by atoms with Crippen molar-refractivity contribution in [3.8, 4) is 0 Å². The highest BCUT2D eigenvalue weighted by atomic mass is 35.5. The van der Waals surface area contributed by atoms with E-state index in [9.17, 15) is 14.4 Å². The molecule has 28 heavy (non-hydrogen) atoms. The largest absolute Gasteiger partial charge is 0.465 e. The molecule has 146 valence electrons. The minimum Gasteiger partial charge on any atom is -0.465 e. The third kappa shape index (κ3) is 4.13. The standard InChI is InChI=1S/C20H18Cl2N2O4/c1-28-20(27)14-5-2-4-13(12-14)18(25)23-8-10-24(11-9-23)19(26)15-6-3-7-16(21)17(15)22/h2-7,12H,8-11H2,1H3. The molecule has 0 bridgehead atoms. The topological polar surface area (TPSA) is 66.9 Å². The van der Waals surface area contributed by atoms with Crippen molar-refractivity contribution in [2.24, 2.45) is 0 Å². The fourth-order valence-electron chi connectivity index (χ4n) is 3.03. The van der Waals surface area contributed by atoms with Crippen LogP contribution in [0.3, 0.4) is 0 Å². The van der Waals surface area contributed by atoms with E-state index >= 15 is 0 Å². The molecule has 3 rings (SSSR count). The third-order valence-electron chi connectivity index (χ3n) is 4.57. The molecule has 0 atom stereocenters. The zero-order valence-electron chi connectivity index (χ0n) is 15.2. The number of carbonyl (C=O) groups excluding carboxylic acids is 3. The van der Waals surface area contributed by atoms with Crippen molar-refractivity contribution < 1.29 is 19.1 Å². The molecule has 1 fully saturated rings. The Morgan fingerprint density at radius 3 is 2.07 bits per heavy atom. The van der Waals surface area contributed by atoms with Crippen LogP contribution in [0.15, 0.2) is 42.5 Å². The summed E-state index contributed by atoms with van der Waals surface area (Å²) in [6, 6.07) is 11.3. The SMILES string of the molecule is COC(=O)c1cccc(C(=O)N2CCN(C(=O)c3cccc(Cl)c3Cl)CC2)c1. The van der Waals surface area contributed by atoms with Crippen molar-refractivity contribution in [3.05, 3.63) is 69.2 Å². The number of methoxy groups -OCH3 is 1. The van der Waals surface area contributed by atoms with Crippen LogP contribution >= 0.6 is 23.2 Å². The van der Waals surface area contributed by atoms with Gasteiger partial charge in [0.25, 0.3) is 11.8 Å². The summed E-state index contributed by atoms with van der Waals surface area (Å²) in [6.45, 7) is 1.52. The van der Waals surface area contributed by atoms with Crippen LogP contribution in [-0.2, 0) is 4.74 Å². The number of rotatable bonds is 3. The lowest BCUT2D eigenvalue weighted by Gasteiger charge is -2.35. The summed E-state index contributed by atoms with van der Waals surface area (Å²) in [5, 5.41) is 0.555. The highest BCUT2D eigenvalue weighted by Gasteiger charge is 2.27. The molecule has 1 aliphatic rings. The monoisotopic (exact) mass is 420 g/mol. The maximum atomic E-state index is 12.7. The number of esters is 1. The molecule has 0 aromatic heterocycles. The van der Waals surface area contributed by atoms with Gasteiger partial charge in [0.15, 0.2) is 0 Å². The number of ether oxygens (including phenoxy) is 1. The second-order valence-corrected chi connectivity index (χ2v) is 7.04. The fraction of sp³-hybridized carbons (Fsp3) is 0.250. The molecule has 0 N–H and O–H groups in total. The Morgan fingerprint density at radius 1 is 0.857 bits per heavy atom. The third-order valence-corrected chi connectivity index (χ3v) is 5.39. The van der Waals surface area contributed by atoms with E-state index in [-0.39, 0.29) is 16.8 Å². The van der Waals surface area contributed by atoms with Crippen LogP contribution in [0, 0.1) is 0 Å². The van der Waals surface area contributed by atoms with Gasteiger partial charge in [0, 0.05) is 31.7 Å². The van der Waals surface area contributed by atoms with Crippen molar-refractivity contribution in [2.75, 3.05) is 33.3 Å². The highest BCUT2D eigenvalue weighted by Crippen LogP contribution is 2.27. The van der Waals surface area contributed by atoms with Gasteiger partial charge in [-0.2, -0.15) is 0 Å². The number of halogens is 2. The van der Waals surface area contributed by atoms with Crippen LogP contribution in [0.5, 0.6) is 0 Å². The predicted octanol–water partition coefficient (Wildman–Crippen LogP) is 3.38. The van der Waals surface area contributed by atoms with E-state index in [0.29, 0.717) is 47.9 Å². The summed E-state index contributed by atoms with van der Waals surface area (Å²) in [7, 11) is 1.29.